The van der Waals surface area contributed by atoms with Crippen molar-refractivity contribution in [2.45, 2.75) is 24.3 Å². The van der Waals surface area contributed by atoms with E-state index >= 15 is 0 Å². The number of hydrogen-bond acceptors (Lipinski definition) is 6. The number of amides is 1. The fourth-order valence-corrected chi connectivity index (χ4v) is 4.79. The van der Waals surface area contributed by atoms with Crippen molar-refractivity contribution in [1.29, 1.82) is 0 Å². The molecular formula is C22H22N2O5S2. The largest absolute Gasteiger partial charge is 0.469 e. The number of ether oxygens (including phenoxy) is 1. The van der Waals surface area contributed by atoms with E-state index in [-0.39, 0.29) is 16.9 Å². The van der Waals surface area contributed by atoms with Gasteiger partial charge in [0.15, 0.2) is 0 Å². The van der Waals surface area contributed by atoms with E-state index in [2.05, 4.69) is 10.0 Å². The Morgan fingerprint density at radius 3 is 2.35 bits per heavy atom. The van der Waals surface area contributed by atoms with Gasteiger partial charge in [-0.2, -0.15) is 0 Å². The first-order valence-corrected chi connectivity index (χ1v) is 11.8. The fourth-order valence-electron chi connectivity index (χ4n) is 2.88. The summed E-state index contributed by atoms with van der Waals surface area (Å²) in [6, 6.07) is 15.8. The van der Waals surface area contributed by atoms with Gasteiger partial charge in [0, 0.05) is 10.4 Å². The van der Waals surface area contributed by atoms with Gasteiger partial charge in [-0.15, -0.1) is 11.3 Å². The first-order chi connectivity index (χ1) is 14.8. The van der Waals surface area contributed by atoms with Gasteiger partial charge in [0.25, 0.3) is 15.9 Å². The van der Waals surface area contributed by atoms with Gasteiger partial charge in [-0.1, -0.05) is 24.3 Å². The van der Waals surface area contributed by atoms with Gasteiger partial charge in [-0.3, -0.25) is 14.3 Å². The van der Waals surface area contributed by atoms with Gasteiger partial charge < -0.3 is 10.1 Å². The number of hydrogen-bond donors (Lipinski definition) is 2. The van der Waals surface area contributed by atoms with Gasteiger partial charge >= 0.3 is 5.97 Å². The molecular weight excluding hydrogens is 436 g/mol. The molecule has 7 nitrogen and oxygen atoms in total. The van der Waals surface area contributed by atoms with Crippen LogP contribution >= 0.6 is 11.3 Å². The minimum absolute atomic E-state index is 0.00440. The van der Waals surface area contributed by atoms with Crippen LogP contribution in [0, 0.1) is 6.92 Å². The maximum Gasteiger partial charge on any atom is 0.307 e. The zero-order valence-corrected chi connectivity index (χ0v) is 18.6. The van der Waals surface area contributed by atoms with Crippen molar-refractivity contribution in [3.05, 3.63) is 82.0 Å². The molecule has 162 valence electrons. The van der Waals surface area contributed by atoms with E-state index in [1.54, 1.807) is 12.1 Å². The number of esters is 1. The van der Waals surface area contributed by atoms with E-state index in [9.17, 15) is 18.0 Å². The van der Waals surface area contributed by atoms with Crippen LogP contribution in [-0.4, -0.2) is 27.4 Å². The molecule has 1 aromatic heterocycles. The molecule has 0 aliphatic rings. The predicted molar refractivity (Wildman–Crippen MR) is 120 cm³/mol. The Balaban J connectivity index is 1.74. The van der Waals surface area contributed by atoms with Crippen molar-refractivity contribution >= 4 is 38.9 Å². The fraction of sp³-hybridized carbons (Fsp3) is 0.182. The number of para-hydroxylation sites is 1. The van der Waals surface area contributed by atoms with Crippen LogP contribution in [0.15, 0.2) is 70.9 Å². The molecule has 0 saturated carbocycles. The summed E-state index contributed by atoms with van der Waals surface area (Å²) in [6.07, 6.45) is -0.00440. The van der Waals surface area contributed by atoms with E-state index in [0.717, 1.165) is 10.4 Å². The standard InChI is InChI=1S/C22H22N2O5S2/c1-15-6-3-4-7-18(15)24-31(27,28)17-11-9-16(10-12-17)22(26)23-19(14-21(25)29-2)20-8-5-13-30-20/h3-13,19,24H,14H2,1-2H3,(H,23,26). The lowest BCUT2D eigenvalue weighted by Crippen LogP contribution is -2.30. The molecule has 2 aromatic carbocycles. The second-order valence-corrected chi connectivity index (χ2v) is 9.43. The summed E-state index contributed by atoms with van der Waals surface area (Å²) in [7, 11) is -2.51. The molecule has 0 aliphatic heterocycles. The number of aryl methyl sites for hydroxylation is 1. The lowest BCUT2D eigenvalue weighted by molar-refractivity contribution is -0.141. The number of carbonyl (C=O) groups is 2. The Bertz CT molecular complexity index is 1160. The summed E-state index contributed by atoms with van der Waals surface area (Å²) < 4.78 is 32.6. The van der Waals surface area contributed by atoms with Crippen LogP contribution in [-0.2, 0) is 19.6 Å². The molecule has 0 radical (unpaired) electrons. The molecule has 1 amide bonds. The minimum Gasteiger partial charge on any atom is -0.469 e. The maximum absolute atomic E-state index is 12.7. The molecule has 0 spiro atoms. The first-order valence-electron chi connectivity index (χ1n) is 9.40. The molecule has 3 rings (SSSR count). The summed E-state index contributed by atoms with van der Waals surface area (Å²) in [6.45, 7) is 1.81. The highest BCUT2D eigenvalue weighted by atomic mass is 32.2. The number of anilines is 1. The Labute approximate surface area is 185 Å². The third kappa shape index (κ3) is 5.71. The van der Waals surface area contributed by atoms with Crippen molar-refractivity contribution in [3.63, 3.8) is 0 Å². The number of nitrogens with one attached hydrogen (secondary N) is 2. The number of benzene rings is 2. The number of carbonyl (C=O) groups excluding carboxylic acids is 2. The van der Waals surface area contributed by atoms with Crippen molar-refractivity contribution < 1.29 is 22.7 Å². The van der Waals surface area contributed by atoms with Crippen LogP contribution in [0.3, 0.4) is 0 Å². The molecule has 1 heterocycles. The summed E-state index contributed by atoms with van der Waals surface area (Å²) in [5, 5.41) is 4.67. The lowest BCUT2D eigenvalue weighted by atomic mass is 10.1. The molecule has 1 atom stereocenters. The van der Waals surface area contributed by atoms with Crippen molar-refractivity contribution in [2.24, 2.45) is 0 Å². The average molecular weight is 459 g/mol. The van der Waals surface area contributed by atoms with Crippen molar-refractivity contribution in [2.75, 3.05) is 11.8 Å². The molecule has 3 aromatic rings. The summed E-state index contributed by atoms with van der Waals surface area (Å²) in [5.74, 6) is -0.861. The van der Waals surface area contributed by atoms with E-state index in [1.165, 1.54) is 42.7 Å². The van der Waals surface area contributed by atoms with Crippen LogP contribution in [0.5, 0.6) is 0 Å². The second-order valence-electron chi connectivity index (χ2n) is 6.77. The first kappa shape index (κ1) is 22.5. The van der Waals surface area contributed by atoms with Gasteiger partial charge in [0.2, 0.25) is 0 Å². The van der Waals surface area contributed by atoms with Crippen LogP contribution in [0.1, 0.15) is 33.3 Å². The SMILES string of the molecule is COC(=O)CC(NC(=O)c1ccc(S(=O)(=O)Nc2ccccc2C)cc1)c1cccs1. The Hall–Kier alpha value is -3.17. The smallest absolute Gasteiger partial charge is 0.307 e. The van der Waals surface area contributed by atoms with Gasteiger partial charge in [-0.25, -0.2) is 8.42 Å². The van der Waals surface area contributed by atoms with E-state index in [1.807, 2.05) is 36.6 Å². The van der Waals surface area contributed by atoms with Gasteiger partial charge in [0.05, 0.1) is 30.2 Å². The highest BCUT2D eigenvalue weighted by molar-refractivity contribution is 7.92. The number of rotatable bonds is 8. The average Bonchev–Trinajstić information content (AvgIpc) is 3.29. The molecule has 1 unspecified atom stereocenters. The molecule has 31 heavy (non-hydrogen) atoms. The molecule has 0 fully saturated rings. The summed E-state index contributed by atoms with van der Waals surface area (Å²) in [5.41, 5.74) is 1.57. The third-order valence-electron chi connectivity index (χ3n) is 4.61. The second kappa shape index (κ2) is 9.76. The Morgan fingerprint density at radius 2 is 1.74 bits per heavy atom. The monoisotopic (exact) mass is 458 g/mol. The molecule has 0 saturated heterocycles. The predicted octanol–water partition coefficient (Wildman–Crippen LogP) is 3.89. The maximum atomic E-state index is 12.7. The number of sulfonamides is 1. The normalized spacial score (nSPS) is 12.1. The molecule has 0 bridgehead atoms. The highest BCUT2D eigenvalue weighted by Crippen LogP contribution is 2.24. The van der Waals surface area contributed by atoms with E-state index < -0.39 is 27.9 Å². The van der Waals surface area contributed by atoms with Gasteiger partial charge in [-0.05, 0) is 54.3 Å². The van der Waals surface area contributed by atoms with Crippen LogP contribution in [0.2, 0.25) is 0 Å². The highest BCUT2D eigenvalue weighted by Gasteiger charge is 2.21. The Kier molecular flexibility index (Phi) is 7.09. The van der Waals surface area contributed by atoms with Crippen molar-refractivity contribution in [1.82, 2.24) is 5.32 Å². The number of thiophene rings is 1. The van der Waals surface area contributed by atoms with Gasteiger partial charge in [0.1, 0.15) is 0 Å². The minimum atomic E-state index is -3.80. The van der Waals surface area contributed by atoms with Crippen molar-refractivity contribution in [3.8, 4) is 0 Å². The molecule has 0 aliphatic carbocycles. The van der Waals surface area contributed by atoms with Crippen LogP contribution in [0.25, 0.3) is 0 Å². The summed E-state index contributed by atoms with van der Waals surface area (Å²) in [4.78, 5) is 25.3. The lowest BCUT2D eigenvalue weighted by Gasteiger charge is -2.16. The van der Waals surface area contributed by atoms with E-state index in [0.29, 0.717) is 5.69 Å². The van der Waals surface area contributed by atoms with Crippen LogP contribution < -0.4 is 10.0 Å². The topological polar surface area (TPSA) is 102 Å². The van der Waals surface area contributed by atoms with E-state index in [4.69, 9.17) is 4.74 Å². The third-order valence-corrected chi connectivity index (χ3v) is 6.97. The van der Waals surface area contributed by atoms with Crippen LogP contribution in [0.4, 0.5) is 5.69 Å². The zero-order chi connectivity index (χ0) is 22.4. The molecule has 2 N–H and O–H groups in total. The molecule has 9 heteroatoms. The Morgan fingerprint density at radius 1 is 1.03 bits per heavy atom. The zero-order valence-electron chi connectivity index (χ0n) is 17.0. The quantitative estimate of drug-likeness (QED) is 0.499. The number of methoxy groups -OCH3 is 1. The summed E-state index contributed by atoms with van der Waals surface area (Å²) >= 11 is 1.42.